The molecule has 0 bridgehead atoms. The molecule has 1 saturated carbocycles. The smallest absolute Gasteiger partial charge is 0.0574 e. The van der Waals surface area contributed by atoms with E-state index in [0.29, 0.717) is 11.8 Å². The van der Waals surface area contributed by atoms with Crippen molar-refractivity contribution in [3.8, 4) is 0 Å². The maximum Gasteiger partial charge on any atom is 0.0574 e. The van der Waals surface area contributed by atoms with Crippen molar-refractivity contribution in [2.45, 2.75) is 57.5 Å². The van der Waals surface area contributed by atoms with Crippen LogP contribution in [0, 0.1) is 5.92 Å². The Labute approximate surface area is 105 Å². The summed E-state index contributed by atoms with van der Waals surface area (Å²) in [5.74, 6) is 1.15. The lowest BCUT2D eigenvalue weighted by molar-refractivity contribution is 0.135. The number of benzene rings is 1. The molecule has 3 atom stereocenters. The van der Waals surface area contributed by atoms with Crippen molar-refractivity contribution < 1.29 is 5.11 Å². The van der Waals surface area contributed by atoms with Crippen LogP contribution in [0.3, 0.4) is 0 Å². The van der Waals surface area contributed by atoms with E-state index in [0.717, 1.165) is 6.42 Å². The zero-order chi connectivity index (χ0) is 12.1. The first kappa shape index (κ1) is 12.6. The van der Waals surface area contributed by atoms with Gasteiger partial charge in [-0.05, 0) is 30.2 Å². The Hall–Kier alpha value is -0.820. The molecule has 1 heteroatoms. The minimum atomic E-state index is -0.0722. The molecule has 0 amide bonds. The summed E-state index contributed by atoms with van der Waals surface area (Å²) in [6, 6.07) is 10.6. The summed E-state index contributed by atoms with van der Waals surface area (Å²) < 4.78 is 0. The topological polar surface area (TPSA) is 20.2 Å². The van der Waals surface area contributed by atoms with Gasteiger partial charge in [-0.25, -0.2) is 0 Å². The molecule has 1 nitrogen and oxygen atoms in total. The normalized spacial score (nSPS) is 24.6. The van der Waals surface area contributed by atoms with Crippen LogP contribution in [0.25, 0.3) is 0 Å². The summed E-state index contributed by atoms with van der Waals surface area (Å²) in [4.78, 5) is 0. The summed E-state index contributed by atoms with van der Waals surface area (Å²) in [5.41, 5.74) is 1.41. The van der Waals surface area contributed by atoms with E-state index in [1.807, 2.05) is 0 Å². The summed E-state index contributed by atoms with van der Waals surface area (Å²) in [6.45, 7) is 2.22. The highest BCUT2D eigenvalue weighted by molar-refractivity contribution is 5.26. The molecule has 1 aliphatic rings. The third kappa shape index (κ3) is 3.57. The standard InChI is InChI=1S/C16H24O/c1-2-3-4-8-11-16(17)15-12-14(15)13-9-6-5-7-10-13/h5-7,9-10,14-17H,2-4,8,11-12H2,1H3. The molecule has 2 rings (SSSR count). The largest absolute Gasteiger partial charge is 0.393 e. The van der Waals surface area contributed by atoms with Gasteiger partial charge in [0.25, 0.3) is 0 Å². The quantitative estimate of drug-likeness (QED) is 0.701. The van der Waals surface area contributed by atoms with Crippen LogP contribution in [0.4, 0.5) is 0 Å². The van der Waals surface area contributed by atoms with E-state index < -0.39 is 0 Å². The fourth-order valence-electron chi connectivity index (χ4n) is 2.72. The molecule has 0 heterocycles. The number of hydrogen-bond donors (Lipinski definition) is 1. The zero-order valence-electron chi connectivity index (χ0n) is 10.8. The van der Waals surface area contributed by atoms with Gasteiger partial charge in [-0.1, -0.05) is 62.9 Å². The average molecular weight is 232 g/mol. The summed E-state index contributed by atoms with van der Waals surface area (Å²) in [5, 5.41) is 10.1. The lowest BCUT2D eigenvalue weighted by Crippen LogP contribution is -2.10. The van der Waals surface area contributed by atoms with E-state index in [2.05, 4.69) is 37.3 Å². The number of hydrogen-bond acceptors (Lipinski definition) is 1. The third-order valence-corrected chi connectivity index (χ3v) is 3.92. The predicted molar refractivity (Wildman–Crippen MR) is 72.1 cm³/mol. The van der Waals surface area contributed by atoms with Gasteiger partial charge in [-0.3, -0.25) is 0 Å². The lowest BCUT2D eigenvalue weighted by Gasteiger charge is -2.10. The van der Waals surface area contributed by atoms with Gasteiger partial charge in [0.15, 0.2) is 0 Å². The first-order valence-electron chi connectivity index (χ1n) is 7.06. The minimum Gasteiger partial charge on any atom is -0.393 e. The van der Waals surface area contributed by atoms with Gasteiger partial charge in [0.1, 0.15) is 0 Å². The van der Waals surface area contributed by atoms with Gasteiger partial charge in [0.05, 0.1) is 6.10 Å². The molecular formula is C16H24O. The molecule has 1 fully saturated rings. The van der Waals surface area contributed by atoms with Gasteiger partial charge in [0, 0.05) is 0 Å². The van der Waals surface area contributed by atoms with E-state index >= 15 is 0 Å². The maximum absolute atomic E-state index is 10.1. The Balaban J connectivity index is 1.71. The summed E-state index contributed by atoms with van der Waals surface area (Å²) in [6.07, 6.45) is 7.14. The third-order valence-electron chi connectivity index (χ3n) is 3.92. The van der Waals surface area contributed by atoms with Crippen LogP contribution in [-0.2, 0) is 0 Å². The highest BCUT2D eigenvalue weighted by Crippen LogP contribution is 2.50. The van der Waals surface area contributed by atoms with E-state index in [1.54, 1.807) is 0 Å². The predicted octanol–water partition coefficient (Wildman–Crippen LogP) is 4.12. The highest BCUT2D eigenvalue weighted by Gasteiger charge is 2.42. The highest BCUT2D eigenvalue weighted by atomic mass is 16.3. The Bertz CT molecular complexity index is 320. The molecule has 94 valence electrons. The van der Waals surface area contributed by atoms with Crippen molar-refractivity contribution in [1.82, 2.24) is 0 Å². The van der Waals surface area contributed by atoms with Crippen LogP contribution in [0.1, 0.15) is 56.9 Å². The molecule has 0 spiro atoms. The monoisotopic (exact) mass is 232 g/mol. The van der Waals surface area contributed by atoms with Crippen LogP contribution in [0.5, 0.6) is 0 Å². The average Bonchev–Trinajstić information content (AvgIpc) is 3.16. The van der Waals surface area contributed by atoms with Crippen molar-refractivity contribution >= 4 is 0 Å². The van der Waals surface area contributed by atoms with Gasteiger partial charge >= 0.3 is 0 Å². The van der Waals surface area contributed by atoms with E-state index in [1.165, 1.54) is 37.7 Å². The molecule has 1 aromatic rings. The Morgan fingerprint density at radius 1 is 1.18 bits per heavy atom. The molecule has 0 aromatic heterocycles. The second-order valence-electron chi connectivity index (χ2n) is 5.33. The molecule has 0 aliphatic heterocycles. The molecule has 0 radical (unpaired) electrons. The van der Waals surface area contributed by atoms with E-state index in [-0.39, 0.29) is 6.10 Å². The molecule has 1 N–H and O–H groups in total. The number of unbranched alkanes of at least 4 members (excludes halogenated alkanes) is 3. The molecule has 3 unspecified atom stereocenters. The maximum atomic E-state index is 10.1. The van der Waals surface area contributed by atoms with Gasteiger partial charge in [-0.15, -0.1) is 0 Å². The molecule has 17 heavy (non-hydrogen) atoms. The fraction of sp³-hybridized carbons (Fsp3) is 0.625. The van der Waals surface area contributed by atoms with Crippen molar-refractivity contribution in [1.29, 1.82) is 0 Å². The van der Waals surface area contributed by atoms with Gasteiger partial charge in [-0.2, -0.15) is 0 Å². The number of rotatable bonds is 7. The van der Waals surface area contributed by atoms with Crippen LogP contribution in [0.15, 0.2) is 30.3 Å². The number of aliphatic hydroxyl groups excluding tert-OH is 1. The van der Waals surface area contributed by atoms with Crippen LogP contribution in [-0.4, -0.2) is 11.2 Å². The molecule has 1 aliphatic carbocycles. The summed E-state index contributed by atoms with van der Waals surface area (Å²) >= 11 is 0. The van der Waals surface area contributed by atoms with E-state index in [4.69, 9.17) is 0 Å². The molecule has 1 aromatic carbocycles. The van der Waals surface area contributed by atoms with Crippen LogP contribution >= 0.6 is 0 Å². The van der Waals surface area contributed by atoms with Crippen molar-refractivity contribution in [2.24, 2.45) is 5.92 Å². The van der Waals surface area contributed by atoms with Crippen LogP contribution in [0.2, 0.25) is 0 Å². The number of aliphatic hydroxyl groups is 1. The van der Waals surface area contributed by atoms with Crippen molar-refractivity contribution in [3.63, 3.8) is 0 Å². The Morgan fingerprint density at radius 3 is 2.65 bits per heavy atom. The van der Waals surface area contributed by atoms with Crippen LogP contribution < -0.4 is 0 Å². The summed E-state index contributed by atoms with van der Waals surface area (Å²) in [7, 11) is 0. The second kappa shape index (κ2) is 6.20. The Kier molecular flexibility index (Phi) is 4.61. The van der Waals surface area contributed by atoms with Gasteiger partial charge < -0.3 is 5.11 Å². The van der Waals surface area contributed by atoms with Crippen molar-refractivity contribution in [2.75, 3.05) is 0 Å². The molecular weight excluding hydrogens is 208 g/mol. The zero-order valence-corrected chi connectivity index (χ0v) is 10.8. The fourth-order valence-corrected chi connectivity index (χ4v) is 2.72. The lowest BCUT2D eigenvalue weighted by atomic mass is 10.0. The second-order valence-corrected chi connectivity index (χ2v) is 5.33. The Morgan fingerprint density at radius 2 is 1.94 bits per heavy atom. The van der Waals surface area contributed by atoms with Crippen molar-refractivity contribution in [3.05, 3.63) is 35.9 Å². The SMILES string of the molecule is CCCCCCC(O)C1CC1c1ccccc1. The molecule has 0 saturated heterocycles. The first-order valence-corrected chi connectivity index (χ1v) is 7.06. The minimum absolute atomic E-state index is 0.0722. The first-order chi connectivity index (χ1) is 8.33. The van der Waals surface area contributed by atoms with E-state index in [9.17, 15) is 5.11 Å². The van der Waals surface area contributed by atoms with Gasteiger partial charge in [0.2, 0.25) is 0 Å².